The number of aryl methyl sites for hydroxylation is 1. The van der Waals surface area contributed by atoms with Gasteiger partial charge >= 0.3 is 0 Å². The fourth-order valence-electron chi connectivity index (χ4n) is 5.04. The second-order valence-electron chi connectivity index (χ2n) is 8.57. The number of methoxy groups -OCH3 is 1. The number of carbonyl (C=O) groups excluding carboxylic acids is 2. The molecular weight excluding hydrogens is 398 g/mol. The van der Waals surface area contributed by atoms with Gasteiger partial charge in [-0.25, -0.2) is 0 Å². The summed E-state index contributed by atoms with van der Waals surface area (Å²) < 4.78 is 16.8. The highest BCUT2D eigenvalue weighted by Crippen LogP contribution is 2.52. The third-order valence-electron chi connectivity index (χ3n) is 6.42. The van der Waals surface area contributed by atoms with Crippen LogP contribution in [0, 0.1) is 18.8 Å². The predicted octanol–water partition coefficient (Wildman–Crippen LogP) is 1.93. The number of aromatic nitrogens is 1. The average molecular weight is 423 g/mol. The molecular formula is C23H25N3O5. The highest BCUT2D eigenvalue weighted by molar-refractivity contribution is 5.93. The lowest BCUT2D eigenvalue weighted by atomic mass is 9.76. The first-order chi connectivity index (χ1) is 14.9. The number of rotatable bonds is 6. The molecule has 0 radical (unpaired) electrons. The van der Waals surface area contributed by atoms with Gasteiger partial charge in [0.05, 0.1) is 43.8 Å². The fourth-order valence-corrected chi connectivity index (χ4v) is 5.04. The van der Waals surface area contributed by atoms with E-state index in [2.05, 4.69) is 5.16 Å². The van der Waals surface area contributed by atoms with Crippen molar-refractivity contribution in [1.29, 1.82) is 0 Å². The minimum atomic E-state index is -0.732. The molecule has 3 aliphatic heterocycles. The number of fused-ring (bicyclic) bond motifs is 1. The predicted molar refractivity (Wildman–Crippen MR) is 110 cm³/mol. The van der Waals surface area contributed by atoms with Crippen LogP contribution in [-0.4, -0.2) is 59.2 Å². The summed E-state index contributed by atoms with van der Waals surface area (Å²) >= 11 is 0. The first kappa shape index (κ1) is 19.8. The third-order valence-corrected chi connectivity index (χ3v) is 6.42. The zero-order valence-electron chi connectivity index (χ0n) is 17.8. The molecule has 2 amide bonds. The van der Waals surface area contributed by atoms with Crippen LogP contribution in [-0.2, 0) is 27.4 Å². The molecule has 4 heterocycles. The van der Waals surface area contributed by atoms with Gasteiger partial charge in [-0.3, -0.25) is 9.59 Å². The van der Waals surface area contributed by atoms with Crippen molar-refractivity contribution in [3.63, 3.8) is 0 Å². The number of hydrogen-bond acceptors (Lipinski definition) is 6. The Hall–Kier alpha value is -3.13. The molecule has 5 rings (SSSR count). The molecule has 2 fully saturated rings. The Morgan fingerprint density at radius 3 is 2.97 bits per heavy atom. The molecule has 4 atom stereocenters. The van der Waals surface area contributed by atoms with E-state index in [1.807, 2.05) is 43.3 Å². The number of ether oxygens (including phenoxy) is 2. The maximum atomic E-state index is 13.4. The van der Waals surface area contributed by atoms with Crippen molar-refractivity contribution in [2.24, 2.45) is 11.8 Å². The molecule has 1 aromatic heterocycles. The van der Waals surface area contributed by atoms with Gasteiger partial charge in [-0.1, -0.05) is 29.4 Å². The molecule has 2 bridgehead atoms. The standard InChI is InChI=1S/C23H25N3O5/c1-14-9-17(31-24-14)12-25(2)21(27)19-18-7-8-23(30-18)13-26(22(28)20(19)23)11-15-5-4-6-16(10-15)29-3/h4-10,18-20H,11-13H2,1-3H3/t18-,19-,20-,23-/m0/s1. The summed E-state index contributed by atoms with van der Waals surface area (Å²) in [7, 11) is 3.34. The zero-order valence-corrected chi connectivity index (χ0v) is 17.8. The Bertz CT molecular complexity index is 1060. The number of hydrogen-bond donors (Lipinski definition) is 0. The van der Waals surface area contributed by atoms with Gasteiger partial charge in [-0.2, -0.15) is 0 Å². The Labute approximate surface area is 180 Å². The molecule has 0 N–H and O–H groups in total. The van der Waals surface area contributed by atoms with Crippen molar-refractivity contribution in [1.82, 2.24) is 15.0 Å². The van der Waals surface area contributed by atoms with Crippen LogP contribution in [0.15, 0.2) is 47.0 Å². The molecule has 3 aliphatic rings. The second-order valence-corrected chi connectivity index (χ2v) is 8.57. The lowest BCUT2D eigenvalue weighted by Crippen LogP contribution is -2.44. The number of benzene rings is 1. The van der Waals surface area contributed by atoms with Crippen LogP contribution < -0.4 is 4.74 Å². The van der Waals surface area contributed by atoms with Gasteiger partial charge in [0, 0.05) is 19.7 Å². The van der Waals surface area contributed by atoms with E-state index in [0.717, 1.165) is 17.0 Å². The molecule has 162 valence electrons. The van der Waals surface area contributed by atoms with E-state index >= 15 is 0 Å². The van der Waals surface area contributed by atoms with E-state index in [9.17, 15) is 9.59 Å². The van der Waals surface area contributed by atoms with E-state index in [-0.39, 0.29) is 17.9 Å². The molecule has 8 nitrogen and oxygen atoms in total. The molecule has 0 unspecified atom stereocenters. The molecule has 2 aromatic rings. The van der Waals surface area contributed by atoms with E-state index in [0.29, 0.717) is 25.4 Å². The summed E-state index contributed by atoms with van der Waals surface area (Å²) in [5.74, 6) is 0.141. The van der Waals surface area contributed by atoms with Gasteiger partial charge in [-0.05, 0) is 24.6 Å². The first-order valence-corrected chi connectivity index (χ1v) is 10.4. The van der Waals surface area contributed by atoms with Crippen molar-refractivity contribution in [2.45, 2.75) is 31.7 Å². The summed E-state index contributed by atoms with van der Waals surface area (Å²) in [5.41, 5.74) is 1.01. The maximum Gasteiger partial charge on any atom is 0.230 e. The van der Waals surface area contributed by atoms with Gasteiger partial charge in [0.15, 0.2) is 5.76 Å². The van der Waals surface area contributed by atoms with Crippen molar-refractivity contribution in [3.8, 4) is 5.75 Å². The van der Waals surface area contributed by atoms with Gasteiger partial charge < -0.3 is 23.8 Å². The van der Waals surface area contributed by atoms with Crippen molar-refractivity contribution < 1.29 is 23.6 Å². The lowest BCUT2D eigenvalue weighted by Gasteiger charge is -2.27. The smallest absolute Gasteiger partial charge is 0.230 e. The SMILES string of the molecule is COc1cccc(CN2C[C@]34C=C[C@H](O3)[C@H](C(=O)N(C)Cc3cc(C)no3)[C@H]4C2=O)c1. The van der Waals surface area contributed by atoms with Gasteiger partial charge in [0.1, 0.15) is 11.4 Å². The quantitative estimate of drug-likeness (QED) is 0.660. The van der Waals surface area contributed by atoms with Crippen LogP contribution >= 0.6 is 0 Å². The summed E-state index contributed by atoms with van der Waals surface area (Å²) in [5, 5.41) is 3.87. The topological polar surface area (TPSA) is 85.1 Å². The number of amides is 2. The van der Waals surface area contributed by atoms with Crippen molar-refractivity contribution >= 4 is 11.8 Å². The third kappa shape index (κ3) is 3.22. The number of nitrogens with zero attached hydrogens (tertiary/aromatic N) is 3. The van der Waals surface area contributed by atoms with Crippen molar-refractivity contribution in [3.05, 3.63) is 59.5 Å². The minimum Gasteiger partial charge on any atom is -0.497 e. The molecule has 31 heavy (non-hydrogen) atoms. The fraction of sp³-hybridized carbons (Fsp3) is 0.435. The minimum absolute atomic E-state index is 0.0445. The van der Waals surface area contributed by atoms with Crippen LogP contribution in [0.25, 0.3) is 0 Å². The molecule has 0 saturated carbocycles. The summed E-state index contributed by atoms with van der Waals surface area (Å²) in [6, 6.07) is 9.46. The van der Waals surface area contributed by atoms with Crippen LogP contribution in [0.5, 0.6) is 5.75 Å². The normalized spacial score (nSPS) is 28.3. The van der Waals surface area contributed by atoms with E-state index in [1.165, 1.54) is 0 Å². The van der Waals surface area contributed by atoms with Crippen molar-refractivity contribution in [2.75, 3.05) is 20.7 Å². The molecule has 0 aliphatic carbocycles. The number of likely N-dealkylation sites (tertiary alicyclic amines) is 1. The second kappa shape index (κ2) is 7.23. The highest BCUT2D eigenvalue weighted by Gasteiger charge is 2.67. The Balaban J connectivity index is 1.35. The Morgan fingerprint density at radius 1 is 1.39 bits per heavy atom. The Morgan fingerprint density at radius 2 is 2.23 bits per heavy atom. The van der Waals surface area contributed by atoms with E-state index in [4.69, 9.17) is 14.0 Å². The molecule has 1 spiro atoms. The molecule has 8 heteroatoms. The first-order valence-electron chi connectivity index (χ1n) is 10.4. The van der Waals surface area contributed by atoms with Crippen LogP contribution in [0.2, 0.25) is 0 Å². The zero-order chi connectivity index (χ0) is 21.8. The van der Waals surface area contributed by atoms with Crippen LogP contribution in [0.1, 0.15) is 17.0 Å². The van der Waals surface area contributed by atoms with E-state index < -0.39 is 17.4 Å². The highest BCUT2D eigenvalue weighted by atomic mass is 16.5. The van der Waals surface area contributed by atoms with Crippen LogP contribution in [0.3, 0.4) is 0 Å². The number of carbonyl (C=O) groups is 2. The lowest BCUT2D eigenvalue weighted by molar-refractivity contribution is -0.143. The van der Waals surface area contributed by atoms with Crippen LogP contribution in [0.4, 0.5) is 0 Å². The monoisotopic (exact) mass is 423 g/mol. The largest absolute Gasteiger partial charge is 0.497 e. The summed E-state index contributed by atoms with van der Waals surface area (Å²) in [6.45, 7) is 3.02. The summed E-state index contributed by atoms with van der Waals surface area (Å²) in [4.78, 5) is 30.1. The van der Waals surface area contributed by atoms with Gasteiger partial charge in [-0.15, -0.1) is 0 Å². The van der Waals surface area contributed by atoms with Gasteiger partial charge in [0.2, 0.25) is 11.8 Å². The molecule has 2 saturated heterocycles. The molecule has 1 aromatic carbocycles. The van der Waals surface area contributed by atoms with E-state index in [1.54, 1.807) is 30.0 Å². The Kier molecular flexibility index (Phi) is 4.62. The average Bonchev–Trinajstić information content (AvgIpc) is 3.50. The maximum absolute atomic E-state index is 13.4. The van der Waals surface area contributed by atoms with Gasteiger partial charge in [0.25, 0.3) is 0 Å². The summed E-state index contributed by atoms with van der Waals surface area (Å²) in [6.07, 6.45) is 3.52.